The molecule has 0 aliphatic rings. The Labute approximate surface area is 146 Å². The Bertz CT molecular complexity index is 966. The molecule has 1 heterocycles. The predicted molar refractivity (Wildman–Crippen MR) is 103 cm³/mol. The van der Waals surface area contributed by atoms with Gasteiger partial charge in [0.2, 0.25) is 5.95 Å². The summed E-state index contributed by atoms with van der Waals surface area (Å²) < 4.78 is 0. The minimum absolute atomic E-state index is 0.601. The SMILES string of the molecule is c1ccc(CNc2ccc(Nc3ncc4ccccc4n3)cc2)cc1. The lowest BCUT2D eigenvalue weighted by atomic mass is 10.2. The maximum Gasteiger partial charge on any atom is 0.227 e. The van der Waals surface area contributed by atoms with Crippen molar-refractivity contribution in [3.63, 3.8) is 0 Å². The van der Waals surface area contributed by atoms with E-state index in [1.54, 1.807) is 0 Å². The van der Waals surface area contributed by atoms with E-state index in [1.165, 1.54) is 5.56 Å². The molecule has 4 aromatic rings. The Hall–Kier alpha value is -3.40. The first-order chi connectivity index (χ1) is 12.4. The normalized spacial score (nSPS) is 10.6. The Morgan fingerprint density at radius 3 is 2.28 bits per heavy atom. The van der Waals surface area contributed by atoms with E-state index < -0.39 is 0 Å². The van der Waals surface area contributed by atoms with E-state index in [9.17, 15) is 0 Å². The number of aromatic nitrogens is 2. The third-order valence-corrected chi connectivity index (χ3v) is 3.97. The second-order valence-electron chi connectivity index (χ2n) is 5.79. The maximum absolute atomic E-state index is 4.53. The van der Waals surface area contributed by atoms with Gasteiger partial charge >= 0.3 is 0 Å². The second kappa shape index (κ2) is 7.01. The van der Waals surface area contributed by atoms with E-state index in [0.29, 0.717) is 5.95 Å². The first kappa shape index (κ1) is 15.1. The molecule has 0 fully saturated rings. The van der Waals surface area contributed by atoms with Crippen LogP contribution in [0.4, 0.5) is 17.3 Å². The predicted octanol–water partition coefficient (Wildman–Crippen LogP) is 4.99. The quantitative estimate of drug-likeness (QED) is 0.543. The Kier molecular flexibility index (Phi) is 4.25. The van der Waals surface area contributed by atoms with Gasteiger partial charge in [-0.25, -0.2) is 9.97 Å². The lowest BCUT2D eigenvalue weighted by Gasteiger charge is -2.09. The highest BCUT2D eigenvalue weighted by Crippen LogP contribution is 2.19. The van der Waals surface area contributed by atoms with Crippen LogP contribution in [0, 0.1) is 0 Å². The topological polar surface area (TPSA) is 49.8 Å². The molecular weight excluding hydrogens is 308 g/mol. The van der Waals surface area contributed by atoms with Gasteiger partial charge in [0.05, 0.1) is 5.52 Å². The summed E-state index contributed by atoms with van der Waals surface area (Å²) in [5.41, 5.74) is 4.23. The van der Waals surface area contributed by atoms with Gasteiger partial charge in [0.25, 0.3) is 0 Å². The van der Waals surface area contributed by atoms with Gasteiger partial charge in [-0.1, -0.05) is 48.5 Å². The number of hydrogen-bond donors (Lipinski definition) is 2. The lowest BCUT2D eigenvalue weighted by molar-refractivity contribution is 1.15. The largest absolute Gasteiger partial charge is 0.381 e. The van der Waals surface area contributed by atoms with Crippen molar-refractivity contribution in [1.82, 2.24) is 9.97 Å². The highest BCUT2D eigenvalue weighted by Gasteiger charge is 2.01. The van der Waals surface area contributed by atoms with Crippen molar-refractivity contribution in [3.05, 3.63) is 90.6 Å². The zero-order valence-corrected chi connectivity index (χ0v) is 13.7. The van der Waals surface area contributed by atoms with Gasteiger partial charge in [0.15, 0.2) is 0 Å². The monoisotopic (exact) mass is 326 g/mol. The number of rotatable bonds is 5. The number of nitrogens with one attached hydrogen (secondary N) is 2. The maximum atomic E-state index is 4.53. The number of benzene rings is 3. The van der Waals surface area contributed by atoms with E-state index in [1.807, 2.05) is 72.9 Å². The van der Waals surface area contributed by atoms with Gasteiger partial charge < -0.3 is 10.6 Å². The van der Waals surface area contributed by atoms with Crippen LogP contribution >= 0.6 is 0 Å². The van der Waals surface area contributed by atoms with E-state index in [0.717, 1.165) is 28.8 Å². The van der Waals surface area contributed by atoms with Crippen molar-refractivity contribution in [2.75, 3.05) is 10.6 Å². The minimum atomic E-state index is 0.601. The number of para-hydroxylation sites is 1. The molecule has 0 saturated heterocycles. The van der Waals surface area contributed by atoms with Crippen molar-refractivity contribution in [3.8, 4) is 0 Å². The summed E-state index contributed by atoms with van der Waals surface area (Å²) in [6.45, 7) is 0.807. The van der Waals surface area contributed by atoms with Crippen molar-refractivity contribution in [1.29, 1.82) is 0 Å². The van der Waals surface area contributed by atoms with E-state index in [2.05, 4.69) is 32.7 Å². The first-order valence-electron chi connectivity index (χ1n) is 8.23. The van der Waals surface area contributed by atoms with Crippen LogP contribution in [0.3, 0.4) is 0 Å². The molecule has 0 spiro atoms. The fourth-order valence-electron chi connectivity index (χ4n) is 2.63. The number of hydrogen-bond acceptors (Lipinski definition) is 4. The Morgan fingerprint density at radius 1 is 0.720 bits per heavy atom. The van der Waals surface area contributed by atoms with E-state index in [4.69, 9.17) is 0 Å². The van der Waals surface area contributed by atoms with Crippen molar-refractivity contribution in [2.24, 2.45) is 0 Å². The van der Waals surface area contributed by atoms with Crippen LogP contribution in [0.1, 0.15) is 5.56 Å². The highest BCUT2D eigenvalue weighted by molar-refractivity contribution is 5.78. The summed E-state index contributed by atoms with van der Waals surface area (Å²) in [7, 11) is 0. The standard InChI is InChI=1S/C21H18N4/c1-2-6-16(7-3-1)14-22-18-10-12-19(13-11-18)24-21-23-15-17-8-4-5-9-20(17)25-21/h1-13,15,22H,14H2,(H,23,24,25). The molecule has 0 saturated carbocycles. The smallest absolute Gasteiger partial charge is 0.227 e. The van der Waals surface area contributed by atoms with E-state index in [-0.39, 0.29) is 0 Å². The molecule has 0 aliphatic carbocycles. The third-order valence-electron chi connectivity index (χ3n) is 3.97. The van der Waals surface area contributed by atoms with Crippen molar-refractivity contribution < 1.29 is 0 Å². The number of anilines is 3. The van der Waals surface area contributed by atoms with Crippen LogP contribution in [0.25, 0.3) is 10.9 Å². The molecule has 4 nitrogen and oxygen atoms in total. The molecule has 4 heteroatoms. The molecule has 3 aromatic carbocycles. The zero-order chi connectivity index (χ0) is 16.9. The molecule has 25 heavy (non-hydrogen) atoms. The molecule has 0 aliphatic heterocycles. The average molecular weight is 326 g/mol. The van der Waals surface area contributed by atoms with Crippen LogP contribution in [-0.4, -0.2) is 9.97 Å². The third kappa shape index (κ3) is 3.75. The zero-order valence-electron chi connectivity index (χ0n) is 13.7. The van der Waals surface area contributed by atoms with Crippen LogP contribution in [-0.2, 0) is 6.54 Å². The van der Waals surface area contributed by atoms with Gasteiger partial charge in [-0.15, -0.1) is 0 Å². The van der Waals surface area contributed by atoms with Crippen molar-refractivity contribution in [2.45, 2.75) is 6.54 Å². The molecule has 0 radical (unpaired) electrons. The van der Waals surface area contributed by atoms with E-state index >= 15 is 0 Å². The van der Waals surface area contributed by atoms with Gasteiger partial charge in [-0.3, -0.25) is 0 Å². The summed E-state index contributed by atoms with van der Waals surface area (Å²) in [4.78, 5) is 8.89. The molecule has 0 unspecified atom stereocenters. The highest BCUT2D eigenvalue weighted by atomic mass is 15.1. The summed E-state index contributed by atoms with van der Waals surface area (Å²) >= 11 is 0. The molecule has 122 valence electrons. The summed E-state index contributed by atoms with van der Waals surface area (Å²) in [6, 6.07) is 26.4. The first-order valence-corrected chi connectivity index (χ1v) is 8.23. The molecular formula is C21H18N4. The number of nitrogens with zero attached hydrogens (tertiary/aromatic N) is 2. The minimum Gasteiger partial charge on any atom is -0.381 e. The molecule has 0 bridgehead atoms. The van der Waals surface area contributed by atoms with Gasteiger partial charge in [0, 0.05) is 29.5 Å². The molecule has 0 atom stereocenters. The van der Waals surface area contributed by atoms with Gasteiger partial charge in [-0.05, 0) is 35.9 Å². The van der Waals surface area contributed by atoms with Crippen molar-refractivity contribution >= 4 is 28.2 Å². The van der Waals surface area contributed by atoms with Crippen LogP contribution < -0.4 is 10.6 Å². The Balaban J connectivity index is 1.42. The molecule has 0 amide bonds. The Morgan fingerprint density at radius 2 is 1.44 bits per heavy atom. The van der Waals surface area contributed by atoms with Gasteiger partial charge in [-0.2, -0.15) is 0 Å². The number of fused-ring (bicyclic) bond motifs is 1. The molecule has 1 aromatic heterocycles. The van der Waals surface area contributed by atoms with Crippen LogP contribution in [0.5, 0.6) is 0 Å². The summed E-state index contributed by atoms with van der Waals surface area (Å²) in [6.07, 6.45) is 1.83. The van der Waals surface area contributed by atoms with Crippen LogP contribution in [0.2, 0.25) is 0 Å². The second-order valence-corrected chi connectivity index (χ2v) is 5.79. The molecule has 2 N–H and O–H groups in total. The van der Waals surface area contributed by atoms with Crippen LogP contribution in [0.15, 0.2) is 85.1 Å². The fourth-order valence-corrected chi connectivity index (χ4v) is 2.63. The fraction of sp³-hybridized carbons (Fsp3) is 0.0476. The van der Waals surface area contributed by atoms with Gasteiger partial charge in [0.1, 0.15) is 0 Å². The average Bonchev–Trinajstić information content (AvgIpc) is 2.68. The molecule has 4 rings (SSSR count). The lowest BCUT2D eigenvalue weighted by Crippen LogP contribution is -2.00. The summed E-state index contributed by atoms with van der Waals surface area (Å²) in [5.74, 6) is 0.601. The summed E-state index contributed by atoms with van der Waals surface area (Å²) in [5, 5.41) is 7.70.